The first kappa shape index (κ1) is 7.29. The van der Waals surface area contributed by atoms with Gasteiger partial charge in [-0.15, -0.1) is 0 Å². The number of hydrogen-bond acceptors (Lipinski definition) is 3. The largest absolute Gasteiger partial charge is 0.363 e. The van der Waals surface area contributed by atoms with E-state index in [1.165, 1.54) is 22.2 Å². The van der Waals surface area contributed by atoms with Gasteiger partial charge in [-0.25, -0.2) is 4.79 Å². The van der Waals surface area contributed by atoms with Gasteiger partial charge in [0.2, 0.25) is 0 Å². The zero-order valence-electron chi connectivity index (χ0n) is 7.39. The lowest BCUT2D eigenvalue weighted by Gasteiger charge is -1.93. The maximum atomic E-state index is 11.6. The fraction of sp³-hybridized carbons (Fsp3) is 0.875. The van der Waals surface area contributed by atoms with Crippen molar-refractivity contribution >= 4 is 0 Å². The summed E-state index contributed by atoms with van der Waals surface area (Å²) >= 11 is 0. The maximum Gasteiger partial charge on any atom is 0.363 e. The molecule has 0 saturated heterocycles. The fourth-order valence-electron chi connectivity index (χ4n) is 1.49. The molecule has 2 aliphatic carbocycles. The zero-order valence-corrected chi connectivity index (χ0v) is 7.39. The molecule has 0 bridgehead atoms. The van der Waals surface area contributed by atoms with E-state index in [1.54, 1.807) is 0 Å². The molecule has 0 atom stereocenters. The van der Waals surface area contributed by atoms with Gasteiger partial charge in [-0.2, -0.15) is 9.36 Å². The summed E-state index contributed by atoms with van der Waals surface area (Å²) in [7, 11) is 0. The van der Waals surface area contributed by atoms with Crippen LogP contribution in [0.2, 0.25) is 0 Å². The average molecular weight is 180 g/mol. The minimum atomic E-state index is -0.0191. The van der Waals surface area contributed by atoms with Gasteiger partial charge >= 0.3 is 5.69 Å². The molecule has 0 aromatic carbocycles. The molecule has 5 heteroatoms. The third kappa shape index (κ3) is 1.28. The molecule has 2 aliphatic rings. The third-order valence-electron chi connectivity index (χ3n) is 2.68. The van der Waals surface area contributed by atoms with E-state index in [-0.39, 0.29) is 5.69 Å². The normalized spacial score (nSPS) is 22.2. The second kappa shape index (κ2) is 2.43. The third-order valence-corrected chi connectivity index (χ3v) is 2.68. The molecule has 0 radical (unpaired) electrons. The first-order valence-electron chi connectivity index (χ1n) is 4.87. The molecule has 3 rings (SSSR count). The SMILES string of the molecule is O=c1n(CC2CC2)nnn1C1CC1. The van der Waals surface area contributed by atoms with Gasteiger partial charge in [0.05, 0.1) is 12.6 Å². The number of aromatic nitrogens is 4. The van der Waals surface area contributed by atoms with E-state index in [9.17, 15) is 4.79 Å². The Bertz CT molecular complexity index is 372. The quantitative estimate of drug-likeness (QED) is 0.667. The zero-order chi connectivity index (χ0) is 8.84. The molecule has 0 aliphatic heterocycles. The lowest BCUT2D eigenvalue weighted by atomic mass is 10.4. The second-order valence-electron chi connectivity index (χ2n) is 4.06. The fourth-order valence-corrected chi connectivity index (χ4v) is 1.49. The van der Waals surface area contributed by atoms with E-state index < -0.39 is 0 Å². The summed E-state index contributed by atoms with van der Waals surface area (Å²) < 4.78 is 3.04. The number of tetrazole rings is 1. The van der Waals surface area contributed by atoms with Gasteiger partial charge in [-0.3, -0.25) is 0 Å². The van der Waals surface area contributed by atoms with Crippen molar-refractivity contribution in [2.24, 2.45) is 5.92 Å². The molecular formula is C8H12N4O. The predicted molar refractivity (Wildman–Crippen MR) is 45.3 cm³/mol. The van der Waals surface area contributed by atoms with Crippen LogP contribution in [0.3, 0.4) is 0 Å². The molecule has 1 heterocycles. The number of rotatable bonds is 3. The van der Waals surface area contributed by atoms with Gasteiger partial charge in [0.25, 0.3) is 0 Å². The van der Waals surface area contributed by atoms with Crippen molar-refractivity contribution in [2.75, 3.05) is 0 Å². The van der Waals surface area contributed by atoms with Crippen molar-refractivity contribution in [1.82, 2.24) is 19.8 Å². The van der Waals surface area contributed by atoms with Crippen LogP contribution in [-0.2, 0) is 6.54 Å². The van der Waals surface area contributed by atoms with Crippen LogP contribution in [0.15, 0.2) is 4.79 Å². The van der Waals surface area contributed by atoms with E-state index in [0.717, 1.165) is 19.4 Å². The molecule has 0 amide bonds. The van der Waals surface area contributed by atoms with Crippen LogP contribution in [0.25, 0.3) is 0 Å². The highest BCUT2D eigenvalue weighted by Crippen LogP contribution is 2.32. The molecule has 2 fully saturated rings. The Morgan fingerprint density at radius 1 is 1.23 bits per heavy atom. The Morgan fingerprint density at radius 2 is 2.00 bits per heavy atom. The highest BCUT2D eigenvalue weighted by molar-refractivity contribution is 4.81. The summed E-state index contributed by atoms with van der Waals surface area (Å²) in [5.41, 5.74) is -0.0191. The van der Waals surface area contributed by atoms with Crippen LogP contribution in [0.5, 0.6) is 0 Å². The molecule has 0 spiro atoms. The lowest BCUT2D eigenvalue weighted by molar-refractivity contribution is 0.530. The molecular weight excluding hydrogens is 168 g/mol. The number of hydrogen-bond donors (Lipinski definition) is 0. The molecule has 1 aromatic heterocycles. The Balaban J connectivity index is 1.87. The van der Waals surface area contributed by atoms with Gasteiger partial charge in [-0.1, -0.05) is 0 Å². The van der Waals surface area contributed by atoms with Crippen LogP contribution < -0.4 is 5.69 Å². The van der Waals surface area contributed by atoms with Crippen molar-refractivity contribution in [2.45, 2.75) is 38.3 Å². The van der Waals surface area contributed by atoms with Crippen LogP contribution >= 0.6 is 0 Å². The maximum absolute atomic E-state index is 11.6. The van der Waals surface area contributed by atoms with E-state index in [2.05, 4.69) is 10.4 Å². The monoisotopic (exact) mass is 180 g/mol. The van der Waals surface area contributed by atoms with Gasteiger partial charge in [-0.05, 0) is 42.0 Å². The highest BCUT2D eigenvalue weighted by atomic mass is 16.2. The second-order valence-corrected chi connectivity index (χ2v) is 4.06. The summed E-state index contributed by atoms with van der Waals surface area (Å²) in [6.45, 7) is 0.769. The summed E-state index contributed by atoms with van der Waals surface area (Å²) in [5, 5.41) is 7.75. The first-order valence-corrected chi connectivity index (χ1v) is 4.87. The van der Waals surface area contributed by atoms with E-state index in [4.69, 9.17) is 0 Å². The van der Waals surface area contributed by atoms with Crippen molar-refractivity contribution in [1.29, 1.82) is 0 Å². The minimum absolute atomic E-state index is 0.0191. The van der Waals surface area contributed by atoms with E-state index >= 15 is 0 Å². The van der Waals surface area contributed by atoms with Crippen molar-refractivity contribution in [3.63, 3.8) is 0 Å². The Morgan fingerprint density at radius 3 is 2.62 bits per heavy atom. The van der Waals surface area contributed by atoms with Gasteiger partial charge in [0.1, 0.15) is 0 Å². The number of nitrogens with zero attached hydrogens (tertiary/aromatic N) is 4. The first-order chi connectivity index (χ1) is 6.34. The van der Waals surface area contributed by atoms with Crippen LogP contribution in [0.1, 0.15) is 31.7 Å². The molecule has 2 saturated carbocycles. The van der Waals surface area contributed by atoms with Crippen molar-refractivity contribution < 1.29 is 0 Å². The Hall–Kier alpha value is -1.13. The molecule has 0 N–H and O–H groups in total. The highest BCUT2D eigenvalue weighted by Gasteiger charge is 2.29. The molecule has 0 unspecified atom stereocenters. The minimum Gasteiger partial charge on any atom is -0.244 e. The van der Waals surface area contributed by atoms with Crippen LogP contribution in [0, 0.1) is 5.92 Å². The molecule has 1 aromatic rings. The summed E-state index contributed by atoms with van der Waals surface area (Å²) in [6, 6.07) is 0.348. The van der Waals surface area contributed by atoms with Gasteiger partial charge in [0, 0.05) is 0 Å². The van der Waals surface area contributed by atoms with Crippen molar-refractivity contribution in [3.05, 3.63) is 10.5 Å². The van der Waals surface area contributed by atoms with E-state index in [0.29, 0.717) is 12.0 Å². The summed E-state index contributed by atoms with van der Waals surface area (Å²) in [5.74, 6) is 0.682. The Kier molecular flexibility index (Phi) is 1.36. The lowest BCUT2D eigenvalue weighted by Crippen LogP contribution is -2.25. The van der Waals surface area contributed by atoms with Gasteiger partial charge < -0.3 is 0 Å². The standard InChI is InChI=1S/C8H12N4O/c13-8-11(5-6-1-2-6)9-10-12(8)7-3-4-7/h6-7H,1-5H2. The molecule has 70 valence electrons. The van der Waals surface area contributed by atoms with Crippen molar-refractivity contribution in [3.8, 4) is 0 Å². The smallest absolute Gasteiger partial charge is 0.244 e. The van der Waals surface area contributed by atoms with E-state index in [1.807, 2.05) is 0 Å². The average Bonchev–Trinajstić information content (AvgIpc) is 2.97. The topological polar surface area (TPSA) is 52.7 Å². The summed E-state index contributed by atoms with van der Waals surface area (Å²) in [4.78, 5) is 11.6. The Labute approximate surface area is 75.3 Å². The van der Waals surface area contributed by atoms with Crippen LogP contribution in [-0.4, -0.2) is 19.8 Å². The van der Waals surface area contributed by atoms with Crippen LogP contribution in [0.4, 0.5) is 0 Å². The molecule has 5 nitrogen and oxygen atoms in total. The molecule has 13 heavy (non-hydrogen) atoms. The van der Waals surface area contributed by atoms with Gasteiger partial charge in [0.15, 0.2) is 0 Å². The summed E-state index contributed by atoms with van der Waals surface area (Å²) in [6.07, 6.45) is 4.65. The predicted octanol–water partition coefficient (Wildman–Crippen LogP) is 0.185.